The van der Waals surface area contributed by atoms with Gasteiger partial charge in [-0.3, -0.25) is 9.59 Å². The molecule has 0 aromatic heterocycles. The SMILES string of the molecule is CCOC(=O)CCCCC(CC)C(CCO)C(=O)OCC. The van der Waals surface area contributed by atoms with Gasteiger partial charge in [0.1, 0.15) is 0 Å². The first-order valence-electron chi connectivity index (χ1n) is 8.03. The van der Waals surface area contributed by atoms with Crippen LogP contribution in [0.3, 0.4) is 0 Å². The minimum atomic E-state index is -0.248. The summed E-state index contributed by atoms with van der Waals surface area (Å²) in [6.45, 7) is 6.39. The maximum absolute atomic E-state index is 12.0. The summed E-state index contributed by atoms with van der Waals surface area (Å²) in [5, 5.41) is 9.13. The first kappa shape index (κ1) is 19.9. The second-order valence-electron chi connectivity index (χ2n) is 5.09. The zero-order chi connectivity index (χ0) is 16.1. The number of ether oxygens (including phenoxy) is 2. The Kier molecular flexibility index (Phi) is 12.0. The van der Waals surface area contributed by atoms with Crippen LogP contribution in [0, 0.1) is 11.8 Å². The Hall–Kier alpha value is -1.10. The fourth-order valence-electron chi connectivity index (χ4n) is 2.53. The average molecular weight is 302 g/mol. The van der Waals surface area contributed by atoms with Gasteiger partial charge < -0.3 is 14.6 Å². The maximum Gasteiger partial charge on any atom is 0.309 e. The number of hydrogen-bond donors (Lipinski definition) is 1. The molecule has 21 heavy (non-hydrogen) atoms. The van der Waals surface area contributed by atoms with Crippen LogP contribution < -0.4 is 0 Å². The van der Waals surface area contributed by atoms with Crippen LogP contribution in [0.15, 0.2) is 0 Å². The lowest BCUT2D eigenvalue weighted by atomic mass is 9.83. The Morgan fingerprint density at radius 2 is 1.67 bits per heavy atom. The lowest BCUT2D eigenvalue weighted by Gasteiger charge is -2.24. The van der Waals surface area contributed by atoms with Gasteiger partial charge in [-0.2, -0.15) is 0 Å². The minimum absolute atomic E-state index is 0.0111. The van der Waals surface area contributed by atoms with Crippen molar-refractivity contribution in [3.63, 3.8) is 0 Å². The molecule has 0 amide bonds. The Morgan fingerprint density at radius 1 is 1.00 bits per heavy atom. The van der Waals surface area contributed by atoms with Crippen molar-refractivity contribution in [2.24, 2.45) is 11.8 Å². The van der Waals surface area contributed by atoms with E-state index in [1.165, 1.54) is 0 Å². The molecule has 0 aliphatic carbocycles. The summed E-state index contributed by atoms with van der Waals surface area (Å²) in [4.78, 5) is 23.2. The molecule has 0 aliphatic heterocycles. The number of carbonyl (C=O) groups is 2. The van der Waals surface area contributed by atoms with E-state index in [2.05, 4.69) is 0 Å². The lowest BCUT2D eigenvalue weighted by Crippen LogP contribution is -2.27. The molecule has 0 saturated heterocycles. The largest absolute Gasteiger partial charge is 0.466 e. The molecule has 0 saturated carbocycles. The number of hydrogen-bond acceptors (Lipinski definition) is 5. The summed E-state index contributed by atoms with van der Waals surface area (Å²) >= 11 is 0. The zero-order valence-electron chi connectivity index (χ0n) is 13.6. The molecule has 0 aliphatic rings. The van der Waals surface area contributed by atoms with Crippen LogP contribution in [0.25, 0.3) is 0 Å². The molecule has 2 atom stereocenters. The van der Waals surface area contributed by atoms with Crippen molar-refractivity contribution in [3.05, 3.63) is 0 Å². The van der Waals surface area contributed by atoms with Gasteiger partial charge in [0.05, 0.1) is 19.1 Å². The number of aliphatic hydroxyl groups is 1. The topological polar surface area (TPSA) is 72.8 Å². The number of esters is 2. The van der Waals surface area contributed by atoms with E-state index in [0.29, 0.717) is 26.1 Å². The van der Waals surface area contributed by atoms with Gasteiger partial charge in [0.25, 0.3) is 0 Å². The lowest BCUT2D eigenvalue weighted by molar-refractivity contribution is -0.151. The van der Waals surface area contributed by atoms with E-state index in [1.807, 2.05) is 6.92 Å². The highest BCUT2D eigenvalue weighted by atomic mass is 16.5. The summed E-state index contributed by atoms with van der Waals surface area (Å²) in [6, 6.07) is 0. The molecule has 1 N–H and O–H groups in total. The van der Waals surface area contributed by atoms with Gasteiger partial charge in [0.15, 0.2) is 0 Å². The van der Waals surface area contributed by atoms with Gasteiger partial charge in [-0.15, -0.1) is 0 Å². The van der Waals surface area contributed by atoms with Crippen molar-refractivity contribution in [3.8, 4) is 0 Å². The van der Waals surface area contributed by atoms with Crippen molar-refractivity contribution in [2.75, 3.05) is 19.8 Å². The van der Waals surface area contributed by atoms with Crippen LogP contribution in [0.5, 0.6) is 0 Å². The number of unbranched alkanes of at least 4 members (excludes halogenated alkanes) is 1. The summed E-state index contributed by atoms with van der Waals surface area (Å²) in [7, 11) is 0. The summed E-state index contributed by atoms with van der Waals surface area (Å²) in [5.41, 5.74) is 0. The molecule has 0 aromatic carbocycles. The monoisotopic (exact) mass is 302 g/mol. The third kappa shape index (κ3) is 8.71. The number of rotatable bonds is 12. The third-order valence-electron chi connectivity index (χ3n) is 3.63. The van der Waals surface area contributed by atoms with Gasteiger partial charge in [-0.25, -0.2) is 0 Å². The molecule has 0 heterocycles. The highest BCUT2D eigenvalue weighted by Gasteiger charge is 2.27. The highest BCUT2D eigenvalue weighted by Crippen LogP contribution is 2.26. The molecule has 0 spiro atoms. The van der Waals surface area contributed by atoms with Gasteiger partial charge >= 0.3 is 11.9 Å². The highest BCUT2D eigenvalue weighted by molar-refractivity contribution is 5.72. The average Bonchev–Trinajstić information content (AvgIpc) is 2.46. The molecule has 124 valence electrons. The quantitative estimate of drug-likeness (QED) is 0.443. The first-order chi connectivity index (χ1) is 10.1. The van der Waals surface area contributed by atoms with Crippen molar-refractivity contribution < 1.29 is 24.2 Å². The van der Waals surface area contributed by atoms with E-state index in [9.17, 15) is 9.59 Å². The van der Waals surface area contributed by atoms with Crippen LogP contribution in [0.4, 0.5) is 0 Å². The van der Waals surface area contributed by atoms with Crippen LogP contribution in [-0.2, 0) is 19.1 Å². The van der Waals surface area contributed by atoms with E-state index in [1.54, 1.807) is 13.8 Å². The Morgan fingerprint density at radius 3 is 2.19 bits per heavy atom. The van der Waals surface area contributed by atoms with Crippen molar-refractivity contribution in [1.82, 2.24) is 0 Å². The fraction of sp³-hybridized carbons (Fsp3) is 0.875. The predicted octanol–water partition coefficient (Wildman–Crippen LogP) is 2.70. The Balaban J connectivity index is 4.25. The van der Waals surface area contributed by atoms with E-state index >= 15 is 0 Å². The van der Waals surface area contributed by atoms with E-state index in [-0.39, 0.29) is 30.4 Å². The van der Waals surface area contributed by atoms with Crippen LogP contribution >= 0.6 is 0 Å². The van der Waals surface area contributed by atoms with Crippen molar-refractivity contribution >= 4 is 11.9 Å². The maximum atomic E-state index is 12.0. The standard InChI is InChI=1S/C16H30O5/c1-4-13(9-7-8-10-15(18)20-5-2)14(11-12-17)16(19)21-6-3/h13-14,17H,4-12H2,1-3H3. The molecule has 0 aromatic rings. The normalized spacial score (nSPS) is 13.5. The summed E-state index contributed by atoms with van der Waals surface area (Å²) in [5.74, 6) is -0.437. The van der Waals surface area contributed by atoms with E-state index in [4.69, 9.17) is 14.6 Å². The molecule has 2 unspecified atom stereocenters. The Labute approximate surface area is 128 Å². The summed E-state index contributed by atoms with van der Waals surface area (Å²) < 4.78 is 9.98. The molecule has 0 rings (SSSR count). The molecule has 0 radical (unpaired) electrons. The number of aliphatic hydroxyl groups excluding tert-OH is 1. The molecule has 0 bridgehead atoms. The smallest absolute Gasteiger partial charge is 0.309 e. The minimum Gasteiger partial charge on any atom is -0.466 e. The molecule has 0 fully saturated rings. The van der Waals surface area contributed by atoms with Gasteiger partial charge in [0, 0.05) is 13.0 Å². The van der Waals surface area contributed by atoms with Crippen LogP contribution in [0.2, 0.25) is 0 Å². The van der Waals surface area contributed by atoms with E-state index < -0.39 is 0 Å². The number of carbonyl (C=O) groups excluding carboxylic acids is 2. The zero-order valence-corrected chi connectivity index (χ0v) is 13.6. The van der Waals surface area contributed by atoms with E-state index in [0.717, 1.165) is 25.7 Å². The van der Waals surface area contributed by atoms with Gasteiger partial charge in [0.2, 0.25) is 0 Å². The van der Waals surface area contributed by atoms with Gasteiger partial charge in [-0.05, 0) is 39.0 Å². The third-order valence-corrected chi connectivity index (χ3v) is 3.63. The first-order valence-corrected chi connectivity index (χ1v) is 8.03. The molecular weight excluding hydrogens is 272 g/mol. The fourth-order valence-corrected chi connectivity index (χ4v) is 2.53. The molecule has 5 nitrogen and oxygen atoms in total. The van der Waals surface area contributed by atoms with Gasteiger partial charge in [-0.1, -0.05) is 19.8 Å². The van der Waals surface area contributed by atoms with Crippen molar-refractivity contribution in [1.29, 1.82) is 0 Å². The Bertz CT molecular complexity index is 290. The summed E-state index contributed by atoms with van der Waals surface area (Å²) in [6.07, 6.45) is 4.23. The molecular formula is C16H30O5. The van der Waals surface area contributed by atoms with Crippen LogP contribution in [0.1, 0.15) is 59.3 Å². The van der Waals surface area contributed by atoms with Crippen LogP contribution in [-0.4, -0.2) is 36.9 Å². The second kappa shape index (κ2) is 12.6. The second-order valence-corrected chi connectivity index (χ2v) is 5.09. The van der Waals surface area contributed by atoms with Crippen molar-refractivity contribution in [2.45, 2.75) is 59.3 Å². The molecule has 5 heteroatoms. The predicted molar refractivity (Wildman–Crippen MR) is 80.7 cm³/mol.